The number of hydrogen-bond acceptors (Lipinski definition) is 6. The van der Waals surface area contributed by atoms with Crippen LogP contribution in [0.2, 0.25) is 0 Å². The van der Waals surface area contributed by atoms with Crippen molar-refractivity contribution in [2.24, 2.45) is 0 Å². The van der Waals surface area contributed by atoms with Gasteiger partial charge < -0.3 is 10.1 Å². The largest absolute Gasteiger partial charge is 0.491 e. The number of para-hydroxylation sites is 1. The summed E-state index contributed by atoms with van der Waals surface area (Å²) in [6.07, 6.45) is 5.05. The molecule has 0 bridgehead atoms. The monoisotopic (exact) mass is 318 g/mol. The minimum Gasteiger partial charge on any atom is -0.491 e. The first-order valence-electron chi connectivity index (χ1n) is 7.37. The van der Waals surface area contributed by atoms with Gasteiger partial charge in [0, 0.05) is 23.5 Å². The number of aromatic nitrogens is 5. The number of H-pyrrole nitrogens is 1. The number of hydrogen-bond donors (Lipinski definition) is 2. The van der Waals surface area contributed by atoms with Crippen molar-refractivity contribution in [1.29, 1.82) is 0 Å². The number of benzene rings is 1. The molecule has 0 radical (unpaired) electrons. The van der Waals surface area contributed by atoms with E-state index in [-0.39, 0.29) is 0 Å². The predicted molar refractivity (Wildman–Crippen MR) is 91.2 cm³/mol. The highest BCUT2D eigenvalue weighted by Crippen LogP contribution is 2.29. The summed E-state index contributed by atoms with van der Waals surface area (Å²) in [5.41, 5.74) is 2.50. The first-order valence-corrected chi connectivity index (χ1v) is 7.37. The average Bonchev–Trinajstić information content (AvgIpc) is 3.07. The minimum absolute atomic E-state index is 0.518. The molecule has 0 saturated carbocycles. The summed E-state index contributed by atoms with van der Waals surface area (Å²) in [6, 6.07) is 11.6. The van der Waals surface area contributed by atoms with Crippen LogP contribution in [0, 0.1) is 0 Å². The molecule has 2 N–H and O–H groups in total. The molecule has 4 aromatic rings. The molecular weight excluding hydrogens is 304 g/mol. The lowest BCUT2D eigenvalue weighted by atomic mass is 10.2. The lowest BCUT2D eigenvalue weighted by Gasteiger charge is -2.10. The third-order valence-electron chi connectivity index (χ3n) is 3.60. The molecule has 4 rings (SSSR count). The second-order valence-corrected chi connectivity index (χ2v) is 5.09. The van der Waals surface area contributed by atoms with Crippen LogP contribution in [-0.4, -0.2) is 32.3 Å². The number of aromatic amines is 1. The highest BCUT2D eigenvalue weighted by molar-refractivity contribution is 5.91. The molecule has 0 amide bonds. The number of nitrogens with zero attached hydrogens (tertiary/aromatic N) is 4. The molecule has 0 saturated heterocycles. The maximum Gasteiger partial charge on any atom is 0.183 e. The molecule has 3 heterocycles. The smallest absolute Gasteiger partial charge is 0.183 e. The maximum absolute atomic E-state index is 5.35. The van der Waals surface area contributed by atoms with Crippen molar-refractivity contribution >= 4 is 22.4 Å². The number of fused-ring (bicyclic) bond motifs is 1. The first kappa shape index (κ1) is 14.1. The van der Waals surface area contributed by atoms with Gasteiger partial charge in [0.15, 0.2) is 17.4 Å². The van der Waals surface area contributed by atoms with Crippen LogP contribution in [0.3, 0.4) is 0 Å². The summed E-state index contributed by atoms with van der Waals surface area (Å²) in [6.45, 7) is 0. The zero-order valence-electron chi connectivity index (χ0n) is 12.9. The van der Waals surface area contributed by atoms with Crippen LogP contribution in [0.5, 0.6) is 5.75 Å². The van der Waals surface area contributed by atoms with Crippen molar-refractivity contribution in [2.75, 3.05) is 12.4 Å². The van der Waals surface area contributed by atoms with Crippen LogP contribution in [0.15, 0.2) is 55.0 Å². The molecule has 7 heteroatoms. The fraction of sp³-hybridized carbons (Fsp3) is 0.0588. The number of anilines is 2. The van der Waals surface area contributed by atoms with Crippen molar-refractivity contribution in [3.63, 3.8) is 0 Å². The van der Waals surface area contributed by atoms with Gasteiger partial charge in [0.25, 0.3) is 0 Å². The number of rotatable bonds is 4. The maximum atomic E-state index is 5.35. The fourth-order valence-corrected chi connectivity index (χ4v) is 2.43. The third kappa shape index (κ3) is 2.52. The molecule has 0 aliphatic carbocycles. The first-order chi connectivity index (χ1) is 11.8. The molecule has 7 nitrogen and oxygen atoms in total. The number of ether oxygens (including phenoxy) is 1. The van der Waals surface area contributed by atoms with Gasteiger partial charge in [-0.05, 0) is 18.2 Å². The standard InChI is InChI=1S/C17H14N6O/c1-24-14-10-19-17(15-12-4-2-3-5-13(12)22-23-15)21-16(14)20-11-6-8-18-9-7-11/h2-10H,1H3,(H,22,23)(H,18,19,20,21). The van der Waals surface area contributed by atoms with Gasteiger partial charge >= 0.3 is 0 Å². The SMILES string of the molecule is COc1cnc(-c2n[nH]c3ccccc23)nc1Nc1ccncc1. The zero-order valence-corrected chi connectivity index (χ0v) is 12.9. The van der Waals surface area contributed by atoms with Crippen molar-refractivity contribution < 1.29 is 4.74 Å². The van der Waals surface area contributed by atoms with Gasteiger partial charge in [-0.1, -0.05) is 18.2 Å². The van der Waals surface area contributed by atoms with Crippen LogP contribution in [0.4, 0.5) is 11.5 Å². The summed E-state index contributed by atoms with van der Waals surface area (Å²) < 4.78 is 5.35. The van der Waals surface area contributed by atoms with Crippen molar-refractivity contribution in [3.05, 3.63) is 55.0 Å². The predicted octanol–water partition coefficient (Wildman–Crippen LogP) is 3.17. The van der Waals surface area contributed by atoms with Gasteiger partial charge in [-0.25, -0.2) is 9.97 Å². The van der Waals surface area contributed by atoms with Gasteiger partial charge in [-0.3, -0.25) is 10.1 Å². The van der Waals surface area contributed by atoms with Crippen LogP contribution in [-0.2, 0) is 0 Å². The van der Waals surface area contributed by atoms with Crippen molar-refractivity contribution in [2.45, 2.75) is 0 Å². The van der Waals surface area contributed by atoms with E-state index in [0.29, 0.717) is 23.1 Å². The van der Waals surface area contributed by atoms with Crippen LogP contribution in [0.1, 0.15) is 0 Å². The van der Waals surface area contributed by atoms with Crippen LogP contribution >= 0.6 is 0 Å². The Morgan fingerprint density at radius 2 is 1.92 bits per heavy atom. The van der Waals surface area contributed by atoms with Gasteiger partial charge in [-0.2, -0.15) is 5.10 Å². The second kappa shape index (κ2) is 5.96. The summed E-state index contributed by atoms with van der Waals surface area (Å²) in [5, 5.41) is 11.5. The Labute approximate surface area is 137 Å². The Morgan fingerprint density at radius 1 is 1.08 bits per heavy atom. The molecule has 0 atom stereocenters. The van der Waals surface area contributed by atoms with Gasteiger partial charge in [-0.15, -0.1) is 0 Å². The average molecular weight is 318 g/mol. The molecule has 0 fully saturated rings. The van der Waals surface area contributed by atoms with E-state index in [0.717, 1.165) is 16.6 Å². The number of methoxy groups -OCH3 is 1. The highest BCUT2D eigenvalue weighted by atomic mass is 16.5. The van der Waals surface area contributed by atoms with E-state index in [2.05, 4.69) is 30.5 Å². The van der Waals surface area contributed by atoms with Gasteiger partial charge in [0.1, 0.15) is 5.69 Å². The van der Waals surface area contributed by atoms with E-state index in [1.54, 1.807) is 25.7 Å². The van der Waals surface area contributed by atoms with Crippen LogP contribution in [0.25, 0.3) is 22.4 Å². The molecule has 0 aliphatic heterocycles. The normalized spacial score (nSPS) is 10.7. The van der Waals surface area contributed by atoms with E-state index >= 15 is 0 Å². The molecule has 0 spiro atoms. The summed E-state index contributed by atoms with van der Waals surface area (Å²) in [4.78, 5) is 13.0. The third-order valence-corrected chi connectivity index (χ3v) is 3.60. The molecule has 118 valence electrons. The Hall–Kier alpha value is -3.48. The highest BCUT2D eigenvalue weighted by Gasteiger charge is 2.14. The summed E-state index contributed by atoms with van der Waals surface area (Å²) in [7, 11) is 1.58. The molecule has 1 aromatic carbocycles. The van der Waals surface area contributed by atoms with E-state index in [1.165, 1.54) is 0 Å². The second-order valence-electron chi connectivity index (χ2n) is 5.09. The summed E-state index contributed by atoms with van der Waals surface area (Å²) in [5.74, 6) is 1.64. The topological polar surface area (TPSA) is 88.6 Å². The van der Waals surface area contributed by atoms with Crippen molar-refractivity contribution in [1.82, 2.24) is 25.1 Å². The van der Waals surface area contributed by atoms with Crippen molar-refractivity contribution in [3.8, 4) is 17.3 Å². The lowest BCUT2D eigenvalue weighted by molar-refractivity contribution is 0.413. The van der Waals surface area contributed by atoms with Gasteiger partial charge in [0.2, 0.25) is 0 Å². The molecule has 0 aliphatic rings. The van der Waals surface area contributed by atoms with E-state index in [4.69, 9.17) is 4.74 Å². The van der Waals surface area contributed by atoms with Gasteiger partial charge in [0.05, 0.1) is 18.8 Å². The molecule has 3 aromatic heterocycles. The minimum atomic E-state index is 0.518. The number of nitrogens with one attached hydrogen (secondary N) is 2. The van der Waals surface area contributed by atoms with E-state index < -0.39 is 0 Å². The molecular formula is C17H14N6O. The molecule has 0 unspecified atom stereocenters. The number of pyridine rings is 1. The Balaban J connectivity index is 1.79. The molecule has 24 heavy (non-hydrogen) atoms. The fourth-order valence-electron chi connectivity index (χ4n) is 2.43. The Kier molecular flexibility index (Phi) is 3.51. The van der Waals surface area contributed by atoms with E-state index in [1.807, 2.05) is 36.4 Å². The summed E-state index contributed by atoms with van der Waals surface area (Å²) >= 11 is 0. The zero-order chi connectivity index (χ0) is 16.4. The quantitative estimate of drug-likeness (QED) is 0.601. The Morgan fingerprint density at radius 3 is 2.75 bits per heavy atom. The lowest BCUT2D eigenvalue weighted by Crippen LogP contribution is -2.01. The van der Waals surface area contributed by atoms with Crippen LogP contribution < -0.4 is 10.1 Å². The Bertz CT molecular complexity index is 983. The van der Waals surface area contributed by atoms with E-state index in [9.17, 15) is 0 Å².